The van der Waals surface area contributed by atoms with E-state index in [1.54, 1.807) is 13.2 Å². The summed E-state index contributed by atoms with van der Waals surface area (Å²) in [6, 6.07) is 1.60. The molecule has 0 spiro atoms. The minimum absolute atomic E-state index is 0.0210. The van der Waals surface area contributed by atoms with Crippen LogP contribution in [0.4, 0.5) is 5.69 Å². The number of benzene rings is 1. The third-order valence-corrected chi connectivity index (χ3v) is 7.37. The van der Waals surface area contributed by atoms with E-state index in [4.69, 9.17) is 26.8 Å². The Bertz CT molecular complexity index is 767. The second-order valence-electron chi connectivity index (χ2n) is 8.96. The number of hydrogen-bond donors (Lipinski definition) is 2. The van der Waals surface area contributed by atoms with Crippen LogP contribution in [-0.4, -0.2) is 56.3 Å². The Morgan fingerprint density at radius 3 is 2.90 bits per heavy atom. The Morgan fingerprint density at radius 2 is 2.13 bits per heavy atom. The zero-order valence-corrected chi connectivity index (χ0v) is 18.7. The lowest BCUT2D eigenvalue weighted by atomic mass is 9.86. The van der Waals surface area contributed by atoms with Gasteiger partial charge >= 0.3 is 0 Å². The van der Waals surface area contributed by atoms with Crippen molar-refractivity contribution in [1.29, 1.82) is 0 Å². The average Bonchev–Trinajstić information content (AvgIpc) is 3.26. The summed E-state index contributed by atoms with van der Waals surface area (Å²) in [5.41, 5.74) is 7.88. The van der Waals surface area contributed by atoms with Crippen molar-refractivity contribution in [3.05, 3.63) is 22.2 Å². The number of hydrogen-bond acceptors (Lipinski definition) is 5. The van der Waals surface area contributed by atoms with Gasteiger partial charge in [0.1, 0.15) is 5.75 Å². The number of carbonyl (C=O) groups excluding carboxylic acids is 1. The van der Waals surface area contributed by atoms with Crippen LogP contribution in [0.3, 0.4) is 0 Å². The first-order chi connectivity index (χ1) is 14.6. The molecule has 1 amide bonds. The summed E-state index contributed by atoms with van der Waals surface area (Å²) in [5, 5.41) is 3.58. The maximum Gasteiger partial charge on any atom is 0.255 e. The van der Waals surface area contributed by atoms with E-state index in [0.717, 1.165) is 37.5 Å². The predicted molar refractivity (Wildman–Crippen MR) is 119 cm³/mol. The van der Waals surface area contributed by atoms with E-state index >= 15 is 0 Å². The lowest BCUT2D eigenvalue weighted by Crippen LogP contribution is -2.55. The van der Waals surface area contributed by atoms with Gasteiger partial charge in [0.2, 0.25) is 0 Å². The minimum atomic E-state index is -0.169. The van der Waals surface area contributed by atoms with Crippen molar-refractivity contribution >= 4 is 23.2 Å². The van der Waals surface area contributed by atoms with Crippen molar-refractivity contribution in [2.24, 2.45) is 5.92 Å². The van der Waals surface area contributed by atoms with Crippen molar-refractivity contribution in [3.63, 3.8) is 0 Å². The Morgan fingerprint density at radius 1 is 1.33 bits per heavy atom. The lowest BCUT2D eigenvalue weighted by Gasteiger charge is -2.38. The van der Waals surface area contributed by atoms with Crippen LogP contribution in [-0.2, 0) is 11.2 Å². The van der Waals surface area contributed by atoms with Crippen LogP contribution in [0.15, 0.2) is 6.07 Å². The molecule has 7 heteroatoms. The molecule has 2 heterocycles. The van der Waals surface area contributed by atoms with E-state index in [-0.39, 0.29) is 18.1 Å². The van der Waals surface area contributed by atoms with Crippen LogP contribution < -0.4 is 15.8 Å². The molecule has 1 saturated carbocycles. The number of amides is 1. The standard InChI is InChI=1S/C23H34ClN3O3/c1-29-20-14-27(10-7-15-5-3-2-4-6-15)11-8-19(20)26-23(28)17-13-18(24)21(25)16-9-12-30-22(16)17/h13,15,19-20H,2-12,14,25H2,1H3,(H,26,28)/t19-,20+/m0/s1. The maximum absolute atomic E-state index is 13.1. The Hall–Kier alpha value is -1.50. The number of nitrogens with one attached hydrogen (secondary N) is 1. The fraction of sp³-hybridized carbons (Fsp3) is 0.696. The average molecular weight is 436 g/mol. The number of piperidine rings is 1. The smallest absolute Gasteiger partial charge is 0.255 e. The summed E-state index contributed by atoms with van der Waals surface area (Å²) in [7, 11) is 1.73. The van der Waals surface area contributed by atoms with Crippen LogP contribution in [0.1, 0.15) is 60.9 Å². The van der Waals surface area contributed by atoms with Gasteiger partial charge in [-0.2, -0.15) is 0 Å². The first kappa shape index (κ1) is 21.7. The number of nitrogens with zero attached hydrogens (tertiary/aromatic N) is 1. The molecular formula is C23H34ClN3O3. The fourth-order valence-electron chi connectivity index (χ4n) is 5.21. The summed E-state index contributed by atoms with van der Waals surface area (Å²) in [6.45, 7) is 3.49. The van der Waals surface area contributed by atoms with E-state index in [9.17, 15) is 4.79 Å². The van der Waals surface area contributed by atoms with Crippen molar-refractivity contribution in [1.82, 2.24) is 10.2 Å². The third kappa shape index (κ3) is 4.71. The molecule has 30 heavy (non-hydrogen) atoms. The van der Waals surface area contributed by atoms with E-state index in [2.05, 4.69) is 10.2 Å². The number of halogens is 1. The Labute approximate surface area is 184 Å². The Balaban J connectivity index is 1.35. The van der Waals surface area contributed by atoms with Crippen molar-refractivity contribution in [2.75, 3.05) is 39.1 Å². The van der Waals surface area contributed by atoms with Gasteiger partial charge in [0.25, 0.3) is 5.91 Å². The van der Waals surface area contributed by atoms with Gasteiger partial charge in [-0.05, 0) is 31.4 Å². The van der Waals surface area contributed by atoms with Gasteiger partial charge in [-0.3, -0.25) is 4.79 Å². The molecule has 0 radical (unpaired) electrons. The van der Waals surface area contributed by atoms with Gasteiger partial charge in [0.15, 0.2) is 0 Å². The molecule has 0 unspecified atom stereocenters. The highest BCUT2D eigenvalue weighted by Crippen LogP contribution is 2.38. The topological polar surface area (TPSA) is 76.8 Å². The second kappa shape index (κ2) is 9.75. The summed E-state index contributed by atoms with van der Waals surface area (Å²) in [5.74, 6) is 1.29. The summed E-state index contributed by atoms with van der Waals surface area (Å²) in [6.07, 6.45) is 9.77. The number of anilines is 1. The zero-order valence-electron chi connectivity index (χ0n) is 17.9. The number of fused-ring (bicyclic) bond motifs is 1. The van der Waals surface area contributed by atoms with Crippen LogP contribution in [0.2, 0.25) is 5.02 Å². The largest absolute Gasteiger partial charge is 0.492 e. The first-order valence-corrected chi connectivity index (χ1v) is 11.7. The van der Waals surface area contributed by atoms with Crippen LogP contribution in [0.5, 0.6) is 5.75 Å². The molecule has 1 saturated heterocycles. The molecule has 6 nitrogen and oxygen atoms in total. The molecular weight excluding hydrogens is 402 g/mol. The van der Waals surface area contributed by atoms with Gasteiger partial charge in [-0.25, -0.2) is 0 Å². The number of nitrogen functional groups attached to an aromatic ring is 1. The molecule has 3 N–H and O–H groups in total. The van der Waals surface area contributed by atoms with E-state index in [0.29, 0.717) is 35.1 Å². The highest BCUT2D eigenvalue weighted by atomic mass is 35.5. The molecule has 0 aromatic heterocycles. The van der Waals surface area contributed by atoms with Crippen molar-refractivity contribution < 1.29 is 14.3 Å². The van der Waals surface area contributed by atoms with E-state index < -0.39 is 0 Å². The zero-order chi connectivity index (χ0) is 21.1. The number of nitrogens with two attached hydrogens (primary N) is 1. The van der Waals surface area contributed by atoms with Crippen LogP contribution in [0.25, 0.3) is 0 Å². The highest BCUT2D eigenvalue weighted by Gasteiger charge is 2.33. The van der Waals surface area contributed by atoms with Crippen molar-refractivity contribution in [2.45, 2.75) is 63.5 Å². The van der Waals surface area contributed by atoms with Crippen LogP contribution >= 0.6 is 11.6 Å². The van der Waals surface area contributed by atoms with Gasteiger partial charge < -0.3 is 25.4 Å². The molecule has 2 aliphatic heterocycles. The fourth-order valence-corrected chi connectivity index (χ4v) is 5.43. The number of methoxy groups -OCH3 is 1. The molecule has 4 rings (SSSR count). The number of likely N-dealkylation sites (tertiary alicyclic amines) is 1. The summed E-state index contributed by atoms with van der Waals surface area (Å²) in [4.78, 5) is 15.5. The summed E-state index contributed by atoms with van der Waals surface area (Å²) >= 11 is 6.27. The maximum atomic E-state index is 13.1. The highest BCUT2D eigenvalue weighted by molar-refractivity contribution is 6.33. The van der Waals surface area contributed by atoms with Gasteiger partial charge in [-0.1, -0.05) is 43.7 Å². The quantitative estimate of drug-likeness (QED) is 0.667. The van der Waals surface area contributed by atoms with Crippen LogP contribution in [0, 0.1) is 5.92 Å². The molecule has 1 aromatic rings. The number of ether oxygens (including phenoxy) is 2. The number of carbonyl (C=O) groups is 1. The summed E-state index contributed by atoms with van der Waals surface area (Å²) < 4.78 is 11.5. The van der Waals surface area contributed by atoms with Crippen molar-refractivity contribution in [3.8, 4) is 5.75 Å². The molecule has 3 aliphatic rings. The first-order valence-electron chi connectivity index (χ1n) is 11.4. The molecule has 1 aliphatic carbocycles. The van der Waals surface area contributed by atoms with E-state index in [1.165, 1.54) is 38.5 Å². The SMILES string of the molecule is CO[C@@H]1CN(CCC2CCCCC2)CC[C@@H]1NC(=O)c1cc(Cl)c(N)c2c1OCC2. The molecule has 2 fully saturated rings. The lowest BCUT2D eigenvalue weighted by molar-refractivity contribution is 0.00454. The Kier molecular flexibility index (Phi) is 7.06. The van der Waals surface area contributed by atoms with Gasteiger partial charge in [0.05, 0.1) is 35.0 Å². The molecule has 2 atom stereocenters. The third-order valence-electron chi connectivity index (χ3n) is 7.06. The number of rotatable bonds is 6. The predicted octanol–water partition coefficient (Wildman–Crippen LogP) is 3.65. The van der Waals surface area contributed by atoms with E-state index in [1.807, 2.05) is 0 Å². The molecule has 0 bridgehead atoms. The monoisotopic (exact) mass is 435 g/mol. The second-order valence-corrected chi connectivity index (χ2v) is 9.37. The molecule has 166 valence electrons. The normalized spacial score (nSPS) is 25.0. The molecule has 1 aromatic carbocycles. The minimum Gasteiger partial charge on any atom is -0.492 e. The van der Waals surface area contributed by atoms with Gasteiger partial charge in [-0.15, -0.1) is 0 Å². The van der Waals surface area contributed by atoms with Gasteiger partial charge in [0, 0.05) is 32.2 Å².